The van der Waals surface area contributed by atoms with E-state index >= 15 is 0 Å². The number of nitrogens with zero attached hydrogens (tertiary/aromatic N) is 1. The van der Waals surface area contributed by atoms with Crippen LogP contribution in [0.25, 0.3) is 11.3 Å². The number of hydrogen-bond acceptors (Lipinski definition) is 4. The van der Waals surface area contributed by atoms with Crippen LogP contribution in [0.5, 0.6) is 5.75 Å². The molecule has 0 saturated carbocycles. The lowest BCUT2D eigenvalue weighted by atomic mass is 10.1. The lowest BCUT2D eigenvalue weighted by molar-refractivity contribution is 0.109. The van der Waals surface area contributed by atoms with Crippen LogP contribution in [-0.2, 0) is 0 Å². The third-order valence-corrected chi connectivity index (χ3v) is 2.96. The second kappa shape index (κ2) is 4.67. The molecule has 0 fully saturated rings. The summed E-state index contributed by atoms with van der Waals surface area (Å²) in [6.45, 7) is 0. The molecule has 6 heteroatoms. The largest absolute Gasteiger partial charge is 0.497 e. The summed E-state index contributed by atoms with van der Waals surface area (Å²) in [5.74, 6) is 0.0309. The van der Waals surface area contributed by atoms with Crippen LogP contribution in [0, 0.1) is 5.82 Å². The Morgan fingerprint density at radius 3 is 2.88 bits per heavy atom. The maximum Gasteiger partial charge on any atom is 0.214 e. The molecule has 0 unspecified atom stereocenters. The van der Waals surface area contributed by atoms with Gasteiger partial charge in [-0.25, -0.2) is 4.39 Å². The Kier molecular flexibility index (Phi) is 3.23. The van der Waals surface area contributed by atoms with Crippen LogP contribution in [0.1, 0.15) is 10.6 Å². The monoisotopic (exact) mass is 299 g/mol. The quantitative estimate of drug-likeness (QED) is 0.817. The molecule has 2 rings (SSSR count). The number of halogens is 2. The molecule has 0 bridgehead atoms. The first-order valence-electron chi connectivity index (χ1n) is 4.61. The summed E-state index contributed by atoms with van der Waals surface area (Å²) < 4.78 is 23.7. The SMILES string of the molecule is COc1ccc(F)c(-c2noc(C=O)c2Br)c1. The molecular weight excluding hydrogens is 293 g/mol. The minimum atomic E-state index is -0.475. The van der Waals surface area contributed by atoms with E-state index in [0.717, 1.165) is 0 Å². The maximum atomic E-state index is 13.6. The number of benzene rings is 1. The molecule has 0 N–H and O–H groups in total. The summed E-state index contributed by atoms with van der Waals surface area (Å²) in [5, 5.41) is 3.64. The van der Waals surface area contributed by atoms with Crippen LogP contribution >= 0.6 is 15.9 Å². The number of rotatable bonds is 3. The molecular formula is C11H7BrFNO3. The van der Waals surface area contributed by atoms with Crippen LogP contribution in [-0.4, -0.2) is 18.6 Å². The van der Waals surface area contributed by atoms with Crippen molar-refractivity contribution in [2.24, 2.45) is 0 Å². The van der Waals surface area contributed by atoms with E-state index in [1.54, 1.807) is 0 Å². The molecule has 1 aromatic carbocycles. The Bertz CT molecular complexity index is 568. The van der Waals surface area contributed by atoms with Crippen molar-refractivity contribution in [3.8, 4) is 17.0 Å². The molecule has 0 radical (unpaired) electrons. The van der Waals surface area contributed by atoms with E-state index in [4.69, 9.17) is 9.26 Å². The van der Waals surface area contributed by atoms with Gasteiger partial charge in [-0.15, -0.1) is 0 Å². The molecule has 1 aromatic heterocycles. The van der Waals surface area contributed by atoms with Gasteiger partial charge in [-0.05, 0) is 34.1 Å². The van der Waals surface area contributed by atoms with E-state index in [1.165, 1.54) is 25.3 Å². The highest BCUT2D eigenvalue weighted by Crippen LogP contribution is 2.33. The van der Waals surface area contributed by atoms with Crippen molar-refractivity contribution in [2.75, 3.05) is 7.11 Å². The number of aldehydes is 1. The van der Waals surface area contributed by atoms with Gasteiger partial charge < -0.3 is 9.26 Å². The van der Waals surface area contributed by atoms with Gasteiger partial charge >= 0.3 is 0 Å². The summed E-state index contributed by atoms with van der Waals surface area (Å²) in [6, 6.07) is 4.23. The number of hydrogen-bond donors (Lipinski definition) is 0. The Balaban J connectivity index is 2.58. The number of carbonyl (C=O) groups excluding carboxylic acids is 1. The summed E-state index contributed by atoms with van der Waals surface area (Å²) in [6.07, 6.45) is 0.499. The predicted octanol–water partition coefficient (Wildman–Crippen LogP) is 3.06. The highest BCUT2D eigenvalue weighted by Gasteiger charge is 2.18. The van der Waals surface area contributed by atoms with Gasteiger partial charge in [0.2, 0.25) is 5.76 Å². The van der Waals surface area contributed by atoms with Gasteiger partial charge in [0.1, 0.15) is 17.3 Å². The molecule has 88 valence electrons. The van der Waals surface area contributed by atoms with Crippen molar-refractivity contribution < 1.29 is 18.4 Å². The lowest BCUT2D eigenvalue weighted by Crippen LogP contribution is -1.89. The van der Waals surface area contributed by atoms with Gasteiger partial charge in [0.05, 0.1) is 11.6 Å². The van der Waals surface area contributed by atoms with Gasteiger partial charge in [-0.3, -0.25) is 4.79 Å². The second-order valence-electron chi connectivity index (χ2n) is 3.17. The standard InChI is InChI=1S/C11H7BrFNO3/c1-16-6-2-3-8(13)7(4-6)11-10(12)9(5-15)17-14-11/h2-5H,1H3. The molecule has 0 saturated heterocycles. The fraction of sp³-hybridized carbons (Fsp3) is 0.0909. The zero-order valence-corrected chi connectivity index (χ0v) is 10.3. The van der Waals surface area contributed by atoms with E-state index in [1.807, 2.05) is 0 Å². The van der Waals surface area contributed by atoms with Crippen LogP contribution in [0.15, 0.2) is 27.2 Å². The highest BCUT2D eigenvalue weighted by atomic mass is 79.9. The Morgan fingerprint density at radius 1 is 1.53 bits per heavy atom. The predicted molar refractivity (Wildman–Crippen MR) is 61.5 cm³/mol. The summed E-state index contributed by atoms with van der Waals surface area (Å²) in [5.41, 5.74) is 0.427. The van der Waals surface area contributed by atoms with E-state index < -0.39 is 5.82 Å². The second-order valence-corrected chi connectivity index (χ2v) is 3.97. The third kappa shape index (κ3) is 2.08. The number of methoxy groups -OCH3 is 1. The van der Waals surface area contributed by atoms with Crippen LogP contribution in [0.3, 0.4) is 0 Å². The molecule has 0 aliphatic carbocycles. The van der Waals surface area contributed by atoms with Crippen molar-refractivity contribution in [2.45, 2.75) is 0 Å². The lowest BCUT2D eigenvalue weighted by Gasteiger charge is -2.03. The average molecular weight is 300 g/mol. The van der Waals surface area contributed by atoms with E-state index in [-0.39, 0.29) is 17.0 Å². The van der Waals surface area contributed by atoms with Crippen molar-refractivity contribution in [3.05, 3.63) is 34.2 Å². The molecule has 4 nitrogen and oxygen atoms in total. The molecule has 0 amide bonds. The highest BCUT2D eigenvalue weighted by molar-refractivity contribution is 9.10. The number of carbonyl (C=O) groups is 1. The minimum absolute atomic E-state index is 0.0159. The summed E-state index contributed by atoms with van der Waals surface area (Å²) in [4.78, 5) is 10.6. The van der Waals surface area contributed by atoms with Crippen molar-refractivity contribution >= 4 is 22.2 Å². The Morgan fingerprint density at radius 2 is 2.29 bits per heavy atom. The van der Waals surface area contributed by atoms with Gasteiger partial charge in [0.25, 0.3) is 0 Å². The minimum Gasteiger partial charge on any atom is -0.497 e. The molecule has 0 aliphatic heterocycles. The third-order valence-electron chi connectivity index (χ3n) is 2.20. The van der Waals surface area contributed by atoms with Gasteiger partial charge in [-0.2, -0.15) is 0 Å². The first-order valence-corrected chi connectivity index (χ1v) is 5.41. The normalized spacial score (nSPS) is 10.3. The molecule has 0 spiro atoms. The fourth-order valence-corrected chi connectivity index (χ4v) is 1.80. The van der Waals surface area contributed by atoms with E-state index in [2.05, 4.69) is 21.1 Å². The van der Waals surface area contributed by atoms with Crippen molar-refractivity contribution in [3.63, 3.8) is 0 Å². The maximum absolute atomic E-state index is 13.6. The average Bonchev–Trinajstić information content (AvgIpc) is 2.71. The van der Waals surface area contributed by atoms with Crippen molar-refractivity contribution in [1.29, 1.82) is 0 Å². The summed E-state index contributed by atoms with van der Waals surface area (Å²) >= 11 is 3.13. The molecule has 2 aromatic rings. The smallest absolute Gasteiger partial charge is 0.214 e. The fourth-order valence-electron chi connectivity index (χ4n) is 1.35. The molecule has 0 atom stereocenters. The zero-order valence-electron chi connectivity index (χ0n) is 8.74. The molecule has 1 heterocycles. The zero-order chi connectivity index (χ0) is 12.4. The first kappa shape index (κ1) is 11.8. The van der Waals surface area contributed by atoms with Gasteiger partial charge in [0, 0.05) is 5.56 Å². The topological polar surface area (TPSA) is 52.3 Å². The van der Waals surface area contributed by atoms with Crippen LogP contribution in [0.4, 0.5) is 4.39 Å². The van der Waals surface area contributed by atoms with Crippen LogP contribution < -0.4 is 4.74 Å². The summed E-state index contributed by atoms with van der Waals surface area (Å²) in [7, 11) is 1.48. The van der Waals surface area contributed by atoms with Gasteiger partial charge in [0.15, 0.2) is 6.29 Å². The van der Waals surface area contributed by atoms with E-state index in [9.17, 15) is 9.18 Å². The number of aromatic nitrogens is 1. The molecule has 0 aliphatic rings. The molecule has 17 heavy (non-hydrogen) atoms. The Labute approximate surface area is 104 Å². The van der Waals surface area contributed by atoms with E-state index in [0.29, 0.717) is 16.5 Å². The van der Waals surface area contributed by atoms with Gasteiger partial charge in [-0.1, -0.05) is 5.16 Å². The van der Waals surface area contributed by atoms with Crippen LogP contribution in [0.2, 0.25) is 0 Å². The van der Waals surface area contributed by atoms with Crippen molar-refractivity contribution in [1.82, 2.24) is 5.16 Å². The Hall–Kier alpha value is -1.69. The first-order chi connectivity index (χ1) is 8.17. The number of ether oxygens (including phenoxy) is 1.